The topological polar surface area (TPSA) is 102 Å². The Bertz CT molecular complexity index is 1660. The molecule has 1 fully saturated rings. The Labute approximate surface area is 237 Å². The number of aromatic nitrogens is 3. The van der Waals surface area contributed by atoms with Crippen LogP contribution in [0.4, 0.5) is 9.18 Å². The number of nitrogens with one attached hydrogen (secondary N) is 1. The van der Waals surface area contributed by atoms with Gasteiger partial charge in [0, 0.05) is 37.6 Å². The van der Waals surface area contributed by atoms with Crippen LogP contribution in [0.5, 0.6) is 5.75 Å². The van der Waals surface area contributed by atoms with Crippen LogP contribution in [0.15, 0.2) is 36.4 Å². The highest BCUT2D eigenvalue weighted by Crippen LogP contribution is 2.39. The molecule has 3 heterocycles. The second kappa shape index (κ2) is 10.1. The highest BCUT2D eigenvalue weighted by molar-refractivity contribution is 6.01. The third kappa shape index (κ3) is 5.23. The predicted octanol–water partition coefficient (Wildman–Crippen LogP) is 5.17. The summed E-state index contributed by atoms with van der Waals surface area (Å²) in [5.41, 5.74) is 4.11. The van der Waals surface area contributed by atoms with Crippen LogP contribution in [0.2, 0.25) is 0 Å². The Morgan fingerprint density at radius 2 is 2.02 bits per heavy atom. The molecular weight excluding hydrogens is 525 g/mol. The summed E-state index contributed by atoms with van der Waals surface area (Å²) in [6.07, 6.45) is 2.26. The third-order valence-corrected chi connectivity index (χ3v) is 7.89. The monoisotopic (exact) mass is 561 g/mol. The molecule has 9 nitrogen and oxygen atoms in total. The Balaban J connectivity index is 1.31. The van der Waals surface area contributed by atoms with Gasteiger partial charge in [-0.3, -0.25) is 4.79 Å². The van der Waals surface area contributed by atoms with Crippen LogP contribution in [0.25, 0.3) is 33.5 Å². The first-order chi connectivity index (χ1) is 19.5. The van der Waals surface area contributed by atoms with E-state index in [-0.39, 0.29) is 18.2 Å². The van der Waals surface area contributed by atoms with E-state index >= 15 is 0 Å². The van der Waals surface area contributed by atoms with E-state index in [2.05, 4.69) is 16.0 Å². The molecule has 2 N–H and O–H groups in total. The van der Waals surface area contributed by atoms with E-state index in [1.54, 1.807) is 31.7 Å². The van der Waals surface area contributed by atoms with Crippen molar-refractivity contribution in [2.45, 2.75) is 58.2 Å². The van der Waals surface area contributed by atoms with Gasteiger partial charge in [0.2, 0.25) is 0 Å². The van der Waals surface area contributed by atoms with E-state index in [4.69, 9.17) is 9.72 Å². The normalized spacial score (nSPS) is 16.3. The highest BCUT2D eigenvalue weighted by Gasteiger charge is 2.30. The molecule has 2 amide bonds. The van der Waals surface area contributed by atoms with Gasteiger partial charge in [-0.25, -0.2) is 14.2 Å². The largest absolute Gasteiger partial charge is 0.506 e. The number of alkyl carbamates (subject to hydrolysis) is 1. The van der Waals surface area contributed by atoms with Crippen molar-refractivity contribution in [1.82, 2.24) is 24.3 Å². The maximum Gasteiger partial charge on any atom is 0.408 e. The van der Waals surface area contributed by atoms with E-state index in [0.29, 0.717) is 30.0 Å². The first-order valence-electron chi connectivity index (χ1n) is 14.2. The SMILES string of the molecule is Cn1c(-c2cc3cccc(O)c3n2CC2CC2)nc2cc3c(cc21)CCN(CC(CF)NC(=O)OC(C)(C)C)C3=O. The summed E-state index contributed by atoms with van der Waals surface area (Å²) in [5.74, 6) is 1.40. The van der Waals surface area contributed by atoms with Gasteiger partial charge < -0.3 is 29.2 Å². The van der Waals surface area contributed by atoms with Gasteiger partial charge in [0.05, 0.1) is 28.3 Å². The fraction of sp³-hybridized carbons (Fsp3) is 0.452. The lowest BCUT2D eigenvalue weighted by atomic mass is 9.97. The molecule has 10 heteroatoms. The van der Waals surface area contributed by atoms with Gasteiger partial charge in [0.25, 0.3) is 5.91 Å². The average molecular weight is 562 g/mol. The molecule has 1 aliphatic heterocycles. The Morgan fingerprint density at radius 3 is 2.73 bits per heavy atom. The lowest BCUT2D eigenvalue weighted by Gasteiger charge is -2.31. The van der Waals surface area contributed by atoms with Crippen LogP contribution in [-0.2, 0) is 24.8 Å². The number of halogens is 1. The number of benzene rings is 2. The van der Waals surface area contributed by atoms with Crippen molar-refractivity contribution in [2.24, 2.45) is 13.0 Å². The van der Waals surface area contributed by atoms with Gasteiger partial charge in [-0.15, -0.1) is 0 Å². The van der Waals surface area contributed by atoms with Gasteiger partial charge >= 0.3 is 6.09 Å². The van der Waals surface area contributed by atoms with Crippen LogP contribution in [0.1, 0.15) is 49.5 Å². The summed E-state index contributed by atoms with van der Waals surface area (Å²) in [6, 6.07) is 10.6. The predicted molar refractivity (Wildman–Crippen MR) is 155 cm³/mol. The van der Waals surface area contributed by atoms with Crippen molar-refractivity contribution in [3.05, 3.63) is 47.5 Å². The number of imidazole rings is 1. The van der Waals surface area contributed by atoms with Crippen molar-refractivity contribution in [3.63, 3.8) is 0 Å². The van der Waals surface area contributed by atoms with Gasteiger partial charge in [0.15, 0.2) is 5.82 Å². The molecule has 4 aromatic rings. The minimum Gasteiger partial charge on any atom is -0.506 e. The van der Waals surface area contributed by atoms with Crippen molar-refractivity contribution in [2.75, 3.05) is 19.8 Å². The number of hydrogen-bond acceptors (Lipinski definition) is 5. The number of fused-ring (bicyclic) bond motifs is 3. The van der Waals surface area contributed by atoms with E-state index in [9.17, 15) is 19.1 Å². The molecule has 6 rings (SSSR count). The number of phenols is 1. The summed E-state index contributed by atoms with van der Waals surface area (Å²) in [5, 5.41) is 14.2. The van der Waals surface area contributed by atoms with Crippen molar-refractivity contribution < 1.29 is 23.8 Å². The van der Waals surface area contributed by atoms with Crippen molar-refractivity contribution in [3.8, 4) is 17.3 Å². The number of amides is 2. The number of ether oxygens (including phenoxy) is 1. The first kappa shape index (κ1) is 27.1. The maximum absolute atomic E-state index is 13.8. The second-order valence-corrected chi connectivity index (χ2v) is 12.3. The lowest BCUT2D eigenvalue weighted by molar-refractivity contribution is 0.0466. The fourth-order valence-electron chi connectivity index (χ4n) is 5.73. The Hall–Kier alpha value is -4.08. The molecule has 216 valence electrons. The zero-order valence-electron chi connectivity index (χ0n) is 23.9. The number of aromatic hydroxyl groups is 1. The molecule has 0 saturated heterocycles. The molecule has 41 heavy (non-hydrogen) atoms. The maximum atomic E-state index is 13.8. The van der Waals surface area contributed by atoms with E-state index in [0.717, 1.165) is 40.0 Å². The molecule has 1 atom stereocenters. The molecule has 2 aromatic heterocycles. The molecule has 1 saturated carbocycles. The number of alkyl halides is 1. The minimum absolute atomic E-state index is 0.0459. The smallest absolute Gasteiger partial charge is 0.408 e. The van der Waals surface area contributed by atoms with Crippen molar-refractivity contribution in [1.29, 1.82) is 0 Å². The van der Waals surface area contributed by atoms with Crippen LogP contribution in [0.3, 0.4) is 0 Å². The molecule has 0 spiro atoms. The lowest BCUT2D eigenvalue weighted by Crippen LogP contribution is -2.50. The zero-order valence-corrected chi connectivity index (χ0v) is 23.9. The molecule has 0 radical (unpaired) electrons. The van der Waals surface area contributed by atoms with Crippen LogP contribution < -0.4 is 5.32 Å². The number of aryl methyl sites for hydroxylation is 1. The number of carbonyl (C=O) groups excluding carboxylic acids is 2. The van der Waals surface area contributed by atoms with E-state index in [1.807, 2.05) is 35.9 Å². The Morgan fingerprint density at radius 1 is 1.24 bits per heavy atom. The number of hydrogen-bond donors (Lipinski definition) is 2. The molecular formula is C31H36FN5O4. The van der Waals surface area contributed by atoms with Gasteiger partial charge in [-0.2, -0.15) is 0 Å². The first-order valence-corrected chi connectivity index (χ1v) is 14.2. The summed E-state index contributed by atoms with van der Waals surface area (Å²) < 4.78 is 23.3. The van der Waals surface area contributed by atoms with Gasteiger partial charge in [0.1, 0.15) is 18.0 Å². The summed E-state index contributed by atoms with van der Waals surface area (Å²) in [4.78, 5) is 32.2. The standard InChI is InChI=1S/C31H36FN5O4/c1-31(2,3)41-30(40)33-21(15-32)17-36-11-10-19-12-24-23(14-22(19)29(36)39)34-28(35(24)4)25-13-20-6-5-7-26(38)27(20)37(25)16-18-8-9-18/h5-7,12-14,18,21,38H,8-11,15-17H2,1-4H3,(H,33,40). The molecule has 1 aliphatic carbocycles. The number of nitrogens with zero attached hydrogens (tertiary/aromatic N) is 4. The van der Waals surface area contributed by atoms with Gasteiger partial charge in [-0.05, 0) is 75.8 Å². The third-order valence-electron chi connectivity index (χ3n) is 7.89. The van der Waals surface area contributed by atoms with Crippen LogP contribution >= 0.6 is 0 Å². The van der Waals surface area contributed by atoms with Crippen LogP contribution in [-0.4, -0.2) is 67.5 Å². The average Bonchev–Trinajstić information content (AvgIpc) is 3.57. The van der Waals surface area contributed by atoms with Crippen molar-refractivity contribution >= 4 is 33.9 Å². The summed E-state index contributed by atoms with van der Waals surface area (Å²) in [7, 11) is 1.97. The molecule has 0 bridgehead atoms. The summed E-state index contributed by atoms with van der Waals surface area (Å²) in [6.45, 7) is 5.68. The summed E-state index contributed by atoms with van der Waals surface area (Å²) >= 11 is 0. The quantitative estimate of drug-likeness (QED) is 0.324. The van der Waals surface area contributed by atoms with Gasteiger partial charge in [-0.1, -0.05) is 12.1 Å². The number of phenolic OH excluding ortho intramolecular Hbond substituents is 1. The fourth-order valence-corrected chi connectivity index (χ4v) is 5.73. The molecule has 2 aliphatic rings. The molecule has 2 aromatic carbocycles. The number of para-hydroxylation sites is 1. The van der Waals surface area contributed by atoms with E-state index in [1.165, 1.54) is 12.8 Å². The zero-order chi connectivity index (χ0) is 29.1. The van der Waals surface area contributed by atoms with Crippen LogP contribution in [0, 0.1) is 5.92 Å². The Kier molecular flexibility index (Phi) is 6.66. The van der Waals surface area contributed by atoms with E-state index < -0.39 is 24.4 Å². The number of rotatable bonds is 7. The number of carbonyl (C=O) groups is 2. The second-order valence-electron chi connectivity index (χ2n) is 12.3. The highest BCUT2D eigenvalue weighted by atomic mass is 19.1. The minimum atomic E-state index is -0.870. The molecule has 1 unspecified atom stereocenters.